The lowest BCUT2D eigenvalue weighted by molar-refractivity contribution is 0.459. The summed E-state index contributed by atoms with van der Waals surface area (Å²) in [7, 11) is 0. The predicted octanol–water partition coefficient (Wildman–Crippen LogP) is 3.42. The second-order valence-corrected chi connectivity index (χ2v) is 6.73. The molecule has 4 heteroatoms. The molecule has 132 valence electrons. The molecule has 1 atom stereocenters. The van der Waals surface area contributed by atoms with Gasteiger partial charge in [-0.05, 0) is 49.8 Å². The van der Waals surface area contributed by atoms with E-state index < -0.39 is 0 Å². The highest BCUT2D eigenvalue weighted by Gasteiger charge is 2.25. The van der Waals surface area contributed by atoms with E-state index in [1.807, 2.05) is 12.3 Å². The van der Waals surface area contributed by atoms with Crippen molar-refractivity contribution in [1.82, 2.24) is 15.2 Å². The van der Waals surface area contributed by atoms with Gasteiger partial charge in [0.2, 0.25) is 0 Å². The molecule has 1 fully saturated rings. The van der Waals surface area contributed by atoms with E-state index in [0.717, 1.165) is 37.7 Å². The average molecular weight is 336 g/mol. The Morgan fingerprint density at radius 1 is 1.24 bits per heavy atom. The van der Waals surface area contributed by atoms with Gasteiger partial charge < -0.3 is 10.2 Å². The van der Waals surface area contributed by atoms with Gasteiger partial charge in [0.05, 0.1) is 12.2 Å². The molecule has 0 spiro atoms. The van der Waals surface area contributed by atoms with Gasteiger partial charge in [0.1, 0.15) is 0 Å². The Kier molecular flexibility index (Phi) is 6.04. The molecule has 0 aliphatic carbocycles. The fourth-order valence-corrected chi connectivity index (χ4v) is 3.40. The first-order valence-electron chi connectivity index (χ1n) is 9.24. The minimum Gasteiger partial charge on any atom is -0.357 e. The van der Waals surface area contributed by atoms with Crippen LogP contribution in [0.2, 0.25) is 0 Å². The SMILES string of the molecule is CCNC(=NCc1ncccc1C)N1CCC(Cc2ccccc2)C1. The Labute approximate surface area is 151 Å². The number of guanidine groups is 1. The smallest absolute Gasteiger partial charge is 0.194 e. The number of aromatic nitrogens is 1. The molecule has 1 aliphatic heterocycles. The fourth-order valence-electron chi connectivity index (χ4n) is 3.40. The van der Waals surface area contributed by atoms with Crippen molar-refractivity contribution < 1.29 is 0 Å². The monoisotopic (exact) mass is 336 g/mol. The summed E-state index contributed by atoms with van der Waals surface area (Å²) in [5.74, 6) is 1.71. The van der Waals surface area contributed by atoms with Crippen molar-refractivity contribution in [3.05, 3.63) is 65.5 Å². The number of hydrogen-bond donors (Lipinski definition) is 1. The van der Waals surface area contributed by atoms with Crippen molar-refractivity contribution in [3.8, 4) is 0 Å². The molecule has 2 aromatic rings. The van der Waals surface area contributed by atoms with Gasteiger partial charge >= 0.3 is 0 Å². The summed E-state index contributed by atoms with van der Waals surface area (Å²) < 4.78 is 0. The number of likely N-dealkylation sites (tertiary alicyclic amines) is 1. The van der Waals surface area contributed by atoms with Crippen LogP contribution in [0.5, 0.6) is 0 Å². The fraction of sp³-hybridized carbons (Fsp3) is 0.429. The summed E-state index contributed by atoms with van der Waals surface area (Å²) in [6.07, 6.45) is 4.22. The Morgan fingerprint density at radius 3 is 2.84 bits per heavy atom. The largest absolute Gasteiger partial charge is 0.357 e. The third kappa shape index (κ3) is 4.81. The lowest BCUT2D eigenvalue weighted by atomic mass is 9.99. The number of aliphatic imine (C=N–C) groups is 1. The molecule has 25 heavy (non-hydrogen) atoms. The van der Waals surface area contributed by atoms with Crippen LogP contribution in [0.25, 0.3) is 0 Å². The van der Waals surface area contributed by atoms with Crippen LogP contribution in [0.1, 0.15) is 30.2 Å². The topological polar surface area (TPSA) is 40.5 Å². The zero-order valence-corrected chi connectivity index (χ0v) is 15.3. The molecular formula is C21H28N4. The predicted molar refractivity (Wildman–Crippen MR) is 104 cm³/mol. The molecule has 3 rings (SSSR count). The van der Waals surface area contributed by atoms with Crippen molar-refractivity contribution >= 4 is 5.96 Å². The maximum absolute atomic E-state index is 4.84. The van der Waals surface area contributed by atoms with Gasteiger partial charge in [0, 0.05) is 25.8 Å². The van der Waals surface area contributed by atoms with Crippen molar-refractivity contribution in [2.45, 2.75) is 33.2 Å². The molecular weight excluding hydrogens is 308 g/mol. The van der Waals surface area contributed by atoms with E-state index in [9.17, 15) is 0 Å². The summed E-state index contributed by atoms with van der Waals surface area (Å²) in [6.45, 7) is 7.89. The summed E-state index contributed by atoms with van der Waals surface area (Å²) in [4.78, 5) is 11.7. The normalized spacial score (nSPS) is 17.8. The van der Waals surface area contributed by atoms with E-state index in [0.29, 0.717) is 12.5 Å². The van der Waals surface area contributed by atoms with Crippen molar-refractivity contribution in [2.24, 2.45) is 10.9 Å². The van der Waals surface area contributed by atoms with Gasteiger partial charge in [-0.2, -0.15) is 0 Å². The zero-order chi connectivity index (χ0) is 17.5. The maximum atomic E-state index is 4.84. The highest BCUT2D eigenvalue weighted by atomic mass is 15.3. The second kappa shape index (κ2) is 8.65. The number of nitrogens with zero attached hydrogens (tertiary/aromatic N) is 3. The number of aryl methyl sites for hydroxylation is 1. The number of pyridine rings is 1. The van der Waals surface area contributed by atoms with Gasteiger partial charge in [-0.15, -0.1) is 0 Å². The summed E-state index contributed by atoms with van der Waals surface area (Å²) in [5, 5.41) is 3.45. The summed E-state index contributed by atoms with van der Waals surface area (Å²) >= 11 is 0. The number of nitrogens with one attached hydrogen (secondary N) is 1. The molecule has 2 heterocycles. The molecule has 1 unspecified atom stereocenters. The molecule has 1 N–H and O–H groups in total. The molecule has 1 aromatic heterocycles. The highest BCUT2D eigenvalue weighted by molar-refractivity contribution is 5.80. The molecule has 0 saturated carbocycles. The van der Waals surface area contributed by atoms with Gasteiger partial charge in [-0.25, -0.2) is 4.99 Å². The van der Waals surface area contributed by atoms with Crippen LogP contribution < -0.4 is 5.32 Å². The Bertz CT molecular complexity index is 696. The lowest BCUT2D eigenvalue weighted by Gasteiger charge is -2.22. The van der Waals surface area contributed by atoms with E-state index in [1.54, 1.807) is 0 Å². The molecule has 0 amide bonds. The minimum absolute atomic E-state index is 0.634. The Balaban J connectivity index is 1.63. The lowest BCUT2D eigenvalue weighted by Crippen LogP contribution is -2.40. The average Bonchev–Trinajstić information content (AvgIpc) is 3.09. The Morgan fingerprint density at radius 2 is 2.08 bits per heavy atom. The van der Waals surface area contributed by atoms with Crippen LogP contribution in [-0.4, -0.2) is 35.5 Å². The third-order valence-corrected chi connectivity index (χ3v) is 4.78. The van der Waals surface area contributed by atoms with Crippen molar-refractivity contribution in [3.63, 3.8) is 0 Å². The van der Waals surface area contributed by atoms with E-state index >= 15 is 0 Å². The maximum Gasteiger partial charge on any atom is 0.194 e. The number of rotatable bonds is 5. The number of benzene rings is 1. The van der Waals surface area contributed by atoms with Crippen LogP contribution in [-0.2, 0) is 13.0 Å². The molecule has 4 nitrogen and oxygen atoms in total. The van der Waals surface area contributed by atoms with Crippen LogP contribution >= 0.6 is 0 Å². The van der Waals surface area contributed by atoms with Gasteiger partial charge in [0.25, 0.3) is 0 Å². The summed E-state index contributed by atoms with van der Waals surface area (Å²) in [5.41, 5.74) is 3.68. The zero-order valence-electron chi connectivity index (χ0n) is 15.3. The highest BCUT2D eigenvalue weighted by Crippen LogP contribution is 2.21. The Hall–Kier alpha value is -2.36. The minimum atomic E-state index is 0.634. The molecule has 1 saturated heterocycles. The first-order valence-corrected chi connectivity index (χ1v) is 9.24. The first-order chi connectivity index (χ1) is 12.3. The van der Waals surface area contributed by atoms with E-state index in [-0.39, 0.29) is 0 Å². The van der Waals surface area contributed by atoms with Crippen molar-refractivity contribution in [2.75, 3.05) is 19.6 Å². The standard InChI is InChI=1S/C21H28N4/c1-3-22-21(24-15-20-17(2)8-7-12-23-20)25-13-11-19(16-25)14-18-9-5-4-6-10-18/h4-10,12,19H,3,11,13-16H2,1-2H3,(H,22,24). The first kappa shape index (κ1) is 17.5. The van der Waals surface area contributed by atoms with Crippen LogP contribution in [0.3, 0.4) is 0 Å². The molecule has 1 aromatic carbocycles. The van der Waals surface area contributed by atoms with Crippen LogP contribution in [0.15, 0.2) is 53.7 Å². The van der Waals surface area contributed by atoms with Gasteiger partial charge in [-0.1, -0.05) is 36.4 Å². The summed E-state index contributed by atoms with van der Waals surface area (Å²) in [6, 6.07) is 14.9. The molecule has 1 aliphatic rings. The van der Waals surface area contributed by atoms with Crippen LogP contribution in [0.4, 0.5) is 0 Å². The second-order valence-electron chi connectivity index (χ2n) is 6.73. The van der Waals surface area contributed by atoms with E-state index in [1.165, 1.54) is 17.5 Å². The van der Waals surface area contributed by atoms with Gasteiger partial charge in [0.15, 0.2) is 5.96 Å². The number of hydrogen-bond acceptors (Lipinski definition) is 2. The van der Waals surface area contributed by atoms with Crippen molar-refractivity contribution in [1.29, 1.82) is 0 Å². The van der Waals surface area contributed by atoms with Gasteiger partial charge in [-0.3, -0.25) is 4.98 Å². The molecule has 0 radical (unpaired) electrons. The third-order valence-electron chi connectivity index (χ3n) is 4.78. The quantitative estimate of drug-likeness (QED) is 0.672. The molecule has 0 bridgehead atoms. The van der Waals surface area contributed by atoms with E-state index in [2.05, 4.69) is 65.4 Å². The van der Waals surface area contributed by atoms with Crippen LogP contribution in [0, 0.1) is 12.8 Å². The van der Waals surface area contributed by atoms with E-state index in [4.69, 9.17) is 4.99 Å².